The average Bonchev–Trinajstić information content (AvgIpc) is 3.34. The minimum Gasteiger partial charge on any atom is -0.385 e. The standard InChI is InChI=1S/C22H20F2N8/c1-3-16-20(15-6-4-14(12-25)5-7-15)30-31-9-8-27-19(11-18(26)28-22(16)31)32-17(21(23)24)10-13(2)29-32/h4-11,21,28H,3,26H2,1-2H3. The molecule has 0 radical (unpaired) electrons. The van der Waals surface area contributed by atoms with Crippen LogP contribution in [0.2, 0.25) is 0 Å². The summed E-state index contributed by atoms with van der Waals surface area (Å²) < 4.78 is 29.6. The molecule has 1 aromatic carbocycles. The maximum Gasteiger partial charge on any atom is 0.280 e. The van der Waals surface area contributed by atoms with E-state index < -0.39 is 6.43 Å². The summed E-state index contributed by atoms with van der Waals surface area (Å²) in [6, 6.07) is 12.0. The largest absolute Gasteiger partial charge is 0.385 e. The molecule has 0 fully saturated rings. The third-order valence-corrected chi connectivity index (χ3v) is 4.91. The molecule has 0 amide bonds. The summed E-state index contributed by atoms with van der Waals surface area (Å²) in [6.07, 6.45) is 1.01. The molecule has 0 spiro atoms. The van der Waals surface area contributed by atoms with Crippen molar-refractivity contribution in [3.63, 3.8) is 0 Å². The number of alkyl halides is 2. The molecule has 4 rings (SSSR count). The van der Waals surface area contributed by atoms with Crippen LogP contribution in [0, 0.1) is 18.3 Å². The van der Waals surface area contributed by atoms with Gasteiger partial charge >= 0.3 is 0 Å². The number of benzene rings is 1. The Hall–Kier alpha value is -4.26. The number of H-pyrrole nitrogens is 1. The Bertz CT molecular complexity index is 1370. The minimum absolute atomic E-state index is 0.144. The summed E-state index contributed by atoms with van der Waals surface area (Å²) in [4.78, 5) is 7.41. The average molecular weight is 434 g/mol. The van der Waals surface area contributed by atoms with Crippen molar-refractivity contribution in [3.05, 3.63) is 71.3 Å². The van der Waals surface area contributed by atoms with Gasteiger partial charge in [-0.25, -0.2) is 23.0 Å². The summed E-state index contributed by atoms with van der Waals surface area (Å²) in [5.74, 6) is 0.341. The van der Waals surface area contributed by atoms with Crippen molar-refractivity contribution in [1.29, 1.82) is 5.26 Å². The van der Waals surface area contributed by atoms with Gasteiger partial charge < -0.3 is 10.7 Å². The number of aromatic nitrogens is 6. The molecule has 4 aromatic rings. The lowest BCUT2D eigenvalue weighted by Crippen LogP contribution is -2.04. The Balaban J connectivity index is 1.91. The summed E-state index contributed by atoms with van der Waals surface area (Å²) in [5.41, 5.74) is 10.1. The second kappa shape index (κ2) is 8.47. The fraction of sp³-hybridized carbons (Fsp3) is 0.182. The quantitative estimate of drug-likeness (QED) is 0.497. The highest BCUT2D eigenvalue weighted by atomic mass is 19.3. The number of aromatic amines is 1. The molecule has 0 aliphatic carbocycles. The topological polar surface area (TPSA) is 114 Å². The number of aryl methyl sites for hydroxylation is 2. The second-order valence-corrected chi connectivity index (χ2v) is 7.10. The van der Waals surface area contributed by atoms with E-state index in [1.807, 2.05) is 19.1 Å². The maximum atomic E-state index is 13.4. The molecular weight excluding hydrogens is 414 g/mol. The first-order valence-electron chi connectivity index (χ1n) is 9.87. The van der Waals surface area contributed by atoms with Crippen LogP contribution in [0.4, 0.5) is 14.6 Å². The zero-order chi connectivity index (χ0) is 22.8. The molecule has 0 aliphatic rings. The molecule has 32 heavy (non-hydrogen) atoms. The normalized spacial score (nSPS) is 11.0. The number of nitrogens with zero attached hydrogens (tertiary/aromatic N) is 6. The van der Waals surface area contributed by atoms with Gasteiger partial charge in [0, 0.05) is 29.6 Å². The number of nitrogens with one attached hydrogen (secondary N) is 1. The SMILES string of the molecule is CCc1c(-c2ccc(C#N)cc2)nn2ccnc(-n3nc(C)cc3C(F)F)cc(N)[nH]c12. The molecule has 0 bridgehead atoms. The monoisotopic (exact) mass is 434 g/mol. The fourth-order valence-corrected chi connectivity index (χ4v) is 3.47. The van der Waals surface area contributed by atoms with Crippen molar-refractivity contribution in [2.24, 2.45) is 0 Å². The molecule has 8 nitrogen and oxygen atoms in total. The zero-order valence-electron chi connectivity index (χ0n) is 17.4. The molecule has 0 atom stereocenters. The van der Waals surface area contributed by atoms with Crippen LogP contribution in [0.3, 0.4) is 0 Å². The lowest BCUT2D eigenvalue weighted by atomic mass is 10.0. The Kier molecular flexibility index (Phi) is 5.55. The van der Waals surface area contributed by atoms with Gasteiger partial charge in [0.25, 0.3) is 6.43 Å². The summed E-state index contributed by atoms with van der Waals surface area (Å²) >= 11 is 0. The number of rotatable bonds is 4. The van der Waals surface area contributed by atoms with Gasteiger partial charge in [0.15, 0.2) is 5.82 Å². The van der Waals surface area contributed by atoms with E-state index in [0.29, 0.717) is 23.3 Å². The van der Waals surface area contributed by atoms with Crippen LogP contribution < -0.4 is 5.73 Å². The lowest BCUT2D eigenvalue weighted by molar-refractivity contribution is 0.142. The van der Waals surface area contributed by atoms with Gasteiger partial charge in [0.1, 0.15) is 17.2 Å². The van der Waals surface area contributed by atoms with Crippen LogP contribution in [-0.2, 0) is 6.42 Å². The molecule has 3 heterocycles. The Morgan fingerprint density at radius 3 is 2.59 bits per heavy atom. The van der Waals surface area contributed by atoms with Crippen LogP contribution in [0.1, 0.15) is 35.9 Å². The van der Waals surface area contributed by atoms with E-state index in [4.69, 9.17) is 11.0 Å². The predicted octanol–water partition coefficient (Wildman–Crippen LogP) is 4.30. The van der Waals surface area contributed by atoms with E-state index in [-0.39, 0.29) is 17.3 Å². The number of anilines is 1. The van der Waals surface area contributed by atoms with Gasteiger partial charge in [-0.1, -0.05) is 19.1 Å². The van der Waals surface area contributed by atoms with Crippen molar-refractivity contribution in [2.75, 3.05) is 5.73 Å². The second-order valence-electron chi connectivity index (χ2n) is 7.10. The van der Waals surface area contributed by atoms with Gasteiger partial charge in [-0.3, -0.25) is 0 Å². The van der Waals surface area contributed by atoms with E-state index in [0.717, 1.165) is 21.5 Å². The molecule has 10 heteroatoms. The van der Waals surface area contributed by atoms with E-state index in [9.17, 15) is 8.78 Å². The minimum atomic E-state index is -2.71. The molecule has 0 saturated heterocycles. The molecule has 0 saturated carbocycles. The van der Waals surface area contributed by atoms with E-state index >= 15 is 0 Å². The first-order chi connectivity index (χ1) is 15.4. The van der Waals surface area contributed by atoms with Crippen LogP contribution in [-0.4, -0.2) is 29.4 Å². The number of nitrogens with two attached hydrogens (primary N) is 1. The van der Waals surface area contributed by atoms with Crippen LogP contribution >= 0.6 is 0 Å². The number of nitrogen functional groups attached to an aromatic ring is 1. The predicted molar refractivity (Wildman–Crippen MR) is 116 cm³/mol. The van der Waals surface area contributed by atoms with Gasteiger partial charge in [-0.2, -0.15) is 15.5 Å². The number of fused-ring (bicyclic) bond motifs is 1. The number of hydrogen-bond acceptors (Lipinski definition) is 5. The maximum absolute atomic E-state index is 13.4. The van der Waals surface area contributed by atoms with E-state index in [1.54, 1.807) is 29.8 Å². The van der Waals surface area contributed by atoms with E-state index in [1.165, 1.54) is 18.3 Å². The Morgan fingerprint density at radius 1 is 1.19 bits per heavy atom. The molecule has 0 aliphatic heterocycles. The first-order valence-corrected chi connectivity index (χ1v) is 9.87. The number of halogens is 2. The van der Waals surface area contributed by atoms with Crippen molar-refractivity contribution in [2.45, 2.75) is 26.7 Å². The molecule has 162 valence electrons. The van der Waals surface area contributed by atoms with E-state index in [2.05, 4.69) is 26.2 Å². The first kappa shape index (κ1) is 21.0. The van der Waals surface area contributed by atoms with Crippen LogP contribution in [0.15, 0.2) is 48.8 Å². The van der Waals surface area contributed by atoms with Gasteiger partial charge in [-0.05, 0) is 31.5 Å². The molecular formula is C22H20F2N8. The smallest absolute Gasteiger partial charge is 0.280 e. The summed E-state index contributed by atoms with van der Waals surface area (Å²) in [7, 11) is 0. The van der Waals surface area contributed by atoms with Crippen LogP contribution in [0.25, 0.3) is 22.7 Å². The third-order valence-electron chi connectivity index (χ3n) is 4.91. The van der Waals surface area contributed by atoms with Crippen LogP contribution in [0.5, 0.6) is 0 Å². The van der Waals surface area contributed by atoms with Gasteiger partial charge in [0.2, 0.25) is 0 Å². The highest BCUT2D eigenvalue weighted by Crippen LogP contribution is 2.26. The van der Waals surface area contributed by atoms with Gasteiger partial charge in [-0.15, -0.1) is 0 Å². The fourth-order valence-electron chi connectivity index (χ4n) is 3.47. The molecule has 3 N–H and O–H groups in total. The van der Waals surface area contributed by atoms with Crippen molar-refractivity contribution >= 4 is 11.5 Å². The summed E-state index contributed by atoms with van der Waals surface area (Å²) in [6.45, 7) is 3.62. The Morgan fingerprint density at radius 2 is 1.94 bits per heavy atom. The van der Waals surface area contributed by atoms with Gasteiger partial charge in [0.05, 0.1) is 23.0 Å². The zero-order valence-corrected chi connectivity index (χ0v) is 17.4. The van der Waals surface area contributed by atoms with Crippen molar-refractivity contribution in [3.8, 4) is 23.1 Å². The van der Waals surface area contributed by atoms with Crippen molar-refractivity contribution < 1.29 is 8.78 Å². The molecule has 3 aromatic heterocycles. The van der Waals surface area contributed by atoms with Crippen molar-refractivity contribution in [1.82, 2.24) is 29.4 Å². The summed E-state index contributed by atoms with van der Waals surface area (Å²) in [5, 5.41) is 17.8. The third kappa shape index (κ3) is 3.88. The number of nitriles is 1. The highest BCUT2D eigenvalue weighted by Gasteiger charge is 2.17. The Labute approximate surface area is 182 Å². The number of hydrogen-bond donors (Lipinski definition) is 2. The lowest BCUT2D eigenvalue weighted by Gasteiger charge is -2.04. The molecule has 0 unspecified atom stereocenters. The highest BCUT2D eigenvalue weighted by molar-refractivity contribution is 5.71.